The predicted molar refractivity (Wildman–Crippen MR) is 50.5 cm³/mol. The summed E-state index contributed by atoms with van der Waals surface area (Å²) in [5.74, 6) is 1.61. The third-order valence-electron chi connectivity index (χ3n) is 3.49. The molecule has 3 atom stereocenters. The Balaban J connectivity index is 1.86. The van der Waals surface area contributed by atoms with E-state index in [1.165, 1.54) is 38.2 Å². The van der Waals surface area contributed by atoms with Crippen LogP contribution in [0.1, 0.15) is 24.5 Å². The first-order valence-corrected chi connectivity index (χ1v) is 5.15. The second kappa shape index (κ2) is 2.84. The Morgan fingerprint density at radius 1 is 1.46 bits per heavy atom. The number of aromatic nitrogens is 2. The van der Waals surface area contributed by atoms with Gasteiger partial charge in [-0.1, -0.05) is 0 Å². The molecule has 70 valence electrons. The zero-order chi connectivity index (χ0) is 8.67. The Morgan fingerprint density at radius 2 is 2.46 bits per heavy atom. The van der Waals surface area contributed by atoms with Gasteiger partial charge in [-0.25, -0.2) is 0 Å². The average Bonchev–Trinajstić information content (AvgIpc) is 2.74. The van der Waals surface area contributed by atoms with Crippen LogP contribution >= 0.6 is 0 Å². The fourth-order valence-corrected chi connectivity index (χ4v) is 2.84. The van der Waals surface area contributed by atoms with Gasteiger partial charge >= 0.3 is 0 Å². The van der Waals surface area contributed by atoms with Crippen molar-refractivity contribution in [2.45, 2.75) is 18.8 Å². The SMILES string of the molecule is c1cc([C@@H]2CN3CCCC2C3)[nH]n1. The Kier molecular flexibility index (Phi) is 1.65. The highest BCUT2D eigenvalue weighted by Crippen LogP contribution is 2.37. The third kappa shape index (κ3) is 1.18. The molecule has 13 heavy (non-hydrogen) atoms. The molecule has 1 aromatic heterocycles. The zero-order valence-electron chi connectivity index (χ0n) is 7.74. The molecule has 0 amide bonds. The lowest BCUT2D eigenvalue weighted by Crippen LogP contribution is -2.25. The molecule has 0 aliphatic carbocycles. The molecule has 0 spiro atoms. The van der Waals surface area contributed by atoms with Crippen molar-refractivity contribution < 1.29 is 0 Å². The smallest absolute Gasteiger partial charge is 0.0490 e. The largest absolute Gasteiger partial charge is 0.302 e. The summed E-state index contributed by atoms with van der Waals surface area (Å²) >= 11 is 0. The fourth-order valence-electron chi connectivity index (χ4n) is 2.84. The maximum Gasteiger partial charge on any atom is 0.0490 e. The first kappa shape index (κ1) is 7.56. The molecule has 2 fully saturated rings. The number of nitrogens with one attached hydrogen (secondary N) is 1. The Hall–Kier alpha value is -0.830. The van der Waals surface area contributed by atoms with E-state index < -0.39 is 0 Å². The van der Waals surface area contributed by atoms with Gasteiger partial charge < -0.3 is 4.90 Å². The summed E-state index contributed by atoms with van der Waals surface area (Å²) in [6, 6.07) is 2.13. The van der Waals surface area contributed by atoms with Gasteiger partial charge in [0.05, 0.1) is 0 Å². The van der Waals surface area contributed by atoms with Crippen LogP contribution in [0.5, 0.6) is 0 Å². The normalized spacial score (nSPS) is 38.0. The predicted octanol–water partition coefficient (Wildman–Crippen LogP) is 1.22. The standard InChI is InChI=1S/C10H15N3/c1-2-8-6-13(5-1)7-9(8)10-3-4-11-12-10/h3-4,8-9H,1-2,5-7H2,(H,11,12)/t8?,9-/m1/s1. The van der Waals surface area contributed by atoms with Crippen LogP contribution < -0.4 is 0 Å². The van der Waals surface area contributed by atoms with Crippen molar-refractivity contribution >= 4 is 0 Å². The molecule has 0 radical (unpaired) electrons. The van der Waals surface area contributed by atoms with Gasteiger partial charge in [-0.15, -0.1) is 0 Å². The molecule has 3 rings (SSSR count). The molecule has 1 N–H and O–H groups in total. The second-order valence-electron chi connectivity index (χ2n) is 4.28. The van der Waals surface area contributed by atoms with Gasteiger partial charge in [-0.2, -0.15) is 5.10 Å². The molecule has 1 aromatic rings. The molecule has 2 aliphatic rings. The number of hydrogen-bond acceptors (Lipinski definition) is 2. The average molecular weight is 177 g/mol. The maximum absolute atomic E-state index is 4.04. The van der Waals surface area contributed by atoms with E-state index in [1.807, 2.05) is 6.20 Å². The Labute approximate surface area is 78.1 Å². The molecule has 3 nitrogen and oxygen atoms in total. The number of aromatic amines is 1. The van der Waals surface area contributed by atoms with E-state index in [2.05, 4.69) is 21.2 Å². The molecule has 0 saturated carbocycles. The monoisotopic (exact) mass is 177 g/mol. The molecule has 2 aliphatic heterocycles. The number of H-pyrrole nitrogens is 1. The molecule has 2 bridgehead atoms. The van der Waals surface area contributed by atoms with Crippen LogP contribution in [0.4, 0.5) is 0 Å². The highest BCUT2D eigenvalue weighted by atomic mass is 15.2. The molecule has 3 heterocycles. The summed E-state index contributed by atoms with van der Waals surface area (Å²) in [6.07, 6.45) is 4.66. The van der Waals surface area contributed by atoms with Crippen molar-refractivity contribution in [2.75, 3.05) is 19.6 Å². The molecule has 2 saturated heterocycles. The third-order valence-corrected chi connectivity index (χ3v) is 3.49. The Morgan fingerprint density at radius 3 is 3.23 bits per heavy atom. The van der Waals surface area contributed by atoms with E-state index in [9.17, 15) is 0 Å². The molecule has 0 aromatic carbocycles. The van der Waals surface area contributed by atoms with Gasteiger partial charge in [-0.3, -0.25) is 5.10 Å². The summed E-state index contributed by atoms with van der Waals surface area (Å²) in [4.78, 5) is 2.58. The number of fused-ring (bicyclic) bond motifs is 2. The molecule has 2 unspecified atom stereocenters. The highest BCUT2D eigenvalue weighted by molar-refractivity contribution is 5.12. The lowest BCUT2D eigenvalue weighted by atomic mass is 9.89. The first-order chi connectivity index (χ1) is 6.43. The van der Waals surface area contributed by atoms with E-state index in [1.54, 1.807) is 0 Å². The number of nitrogens with zero attached hydrogens (tertiary/aromatic N) is 2. The van der Waals surface area contributed by atoms with Gasteiger partial charge in [0.15, 0.2) is 0 Å². The van der Waals surface area contributed by atoms with Crippen LogP contribution in [0.2, 0.25) is 0 Å². The zero-order valence-corrected chi connectivity index (χ0v) is 7.74. The van der Waals surface area contributed by atoms with Crippen LogP contribution in [0.3, 0.4) is 0 Å². The molecule has 3 heteroatoms. The first-order valence-electron chi connectivity index (χ1n) is 5.15. The minimum Gasteiger partial charge on any atom is -0.302 e. The Bertz CT molecular complexity index is 280. The second-order valence-corrected chi connectivity index (χ2v) is 4.28. The minimum absolute atomic E-state index is 0.727. The van der Waals surface area contributed by atoms with Gasteiger partial charge in [-0.05, 0) is 31.4 Å². The summed E-state index contributed by atoms with van der Waals surface area (Å²) in [6.45, 7) is 3.86. The van der Waals surface area contributed by atoms with E-state index >= 15 is 0 Å². The van der Waals surface area contributed by atoms with Gasteiger partial charge in [0.25, 0.3) is 0 Å². The van der Waals surface area contributed by atoms with Crippen molar-refractivity contribution in [3.05, 3.63) is 18.0 Å². The molecular formula is C10H15N3. The fraction of sp³-hybridized carbons (Fsp3) is 0.700. The van der Waals surface area contributed by atoms with Gasteiger partial charge in [0, 0.05) is 30.9 Å². The van der Waals surface area contributed by atoms with Crippen molar-refractivity contribution in [3.63, 3.8) is 0 Å². The topological polar surface area (TPSA) is 31.9 Å². The van der Waals surface area contributed by atoms with E-state index in [0.29, 0.717) is 0 Å². The van der Waals surface area contributed by atoms with E-state index in [-0.39, 0.29) is 0 Å². The van der Waals surface area contributed by atoms with Crippen molar-refractivity contribution in [1.82, 2.24) is 15.1 Å². The van der Waals surface area contributed by atoms with Crippen LogP contribution in [0.25, 0.3) is 0 Å². The number of rotatable bonds is 1. The lowest BCUT2D eigenvalue weighted by molar-refractivity contribution is 0.269. The number of piperidine rings is 1. The van der Waals surface area contributed by atoms with E-state index in [0.717, 1.165) is 11.8 Å². The van der Waals surface area contributed by atoms with Crippen molar-refractivity contribution in [2.24, 2.45) is 5.92 Å². The van der Waals surface area contributed by atoms with Gasteiger partial charge in [0.2, 0.25) is 0 Å². The number of hydrogen-bond donors (Lipinski definition) is 1. The van der Waals surface area contributed by atoms with Gasteiger partial charge in [0.1, 0.15) is 0 Å². The van der Waals surface area contributed by atoms with Crippen LogP contribution in [0, 0.1) is 5.92 Å². The maximum atomic E-state index is 4.04. The van der Waals surface area contributed by atoms with Crippen LogP contribution in [-0.4, -0.2) is 34.7 Å². The summed E-state index contributed by atoms with van der Waals surface area (Å²) < 4.78 is 0. The summed E-state index contributed by atoms with van der Waals surface area (Å²) in [5.41, 5.74) is 1.34. The van der Waals surface area contributed by atoms with Crippen LogP contribution in [0.15, 0.2) is 12.3 Å². The van der Waals surface area contributed by atoms with E-state index in [4.69, 9.17) is 0 Å². The van der Waals surface area contributed by atoms with Crippen molar-refractivity contribution in [3.8, 4) is 0 Å². The minimum atomic E-state index is 0.727. The highest BCUT2D eigenvalue weighted by Gasteiger charge is 2.36. The van der Waals surface area contributed by atoms with Crippen molar-refractivity contribution in [1.29, 1.82) is 0 Å². The molecular weight excluding hydrogens is 162 g/mol. The van der Waals surface area contributed by atoms with Crippen LogP contribution in [-0.2, 0) is 0 Å². The quantitative estimate of drug-likeness (QED) is 0.699. The summed E-state index contributed by atoms with van der Waals surface area (Å²) in [7, 11) is 0. The summed E-state index contributed by atoms with van der Waals surface area (Å²) in [5, 5.41) is 7.15. The lowest BCUT2D eigenvalue weighted by Gasteiger charge is -2.21.